The zero-order chi connectivity index (χ0) is 14.2. The fourth-order valence-electron chi connectivity index (χ4n) is 2.96. The first kappa shape index (κ1) is 12.9. The van der Waals surface area contributed by atoms with Crippen LogP contribution in [0.3, 0.4) is 0 Å². The fourth-order valence-corrected chi connectivity index (χ4v) is 2.96. The first-order valence-electron chi connectivity index (χ1n) is 6.20. The van der Waals surface area contributed by atoms with E-state index in [0.717, 1.165) is 4.68 Å². The van der Waals surface area contributed by atoms with Gasteiger partial charge in [-0.15, -0.1) is 0 Å². The predicted octanol–water partition coefficient (Wildman–Crippen LogP) is 3.77. The van der Waals surface area contributed by atoms with E-state index >= 15 is 0 Å². The highest BCUT2D eigenvalue weighted by Crippen LogP contribution is 2.68. The number of hydrogen-bond donors (Lipinski definition) is 0. The number of hydrogen-bond acceptors (Lipinski definition) is 1. The summed E-state index contributed by atoms with van der Waals surface area (Å²) in [6.07, 6.45) is -4.53. The molecular weight excluding hydrogens is 267 g/mol. The van der Waals surface area contributed by atoms with E-state index in [-0.39, 0.29) is 24.4 Å². The van der Waals surface area contributed by atoms with Gasteiger partial charge in [0.15, 0.2) is 5.69 Å². The smallest absolute Gasteiger partial charge is 0.262 e. The van der Waals surface area contributed by atoms with Crippen LogP contribution in [0.5, 0.6) is 0 Å². The van der Waals surface area contributed by atoms with Crippen molar-refractivity contribution in [1.82, 2.24) is 9.78 Å². The molecule has 0 unspecified atom stereocenters. The monoisotopic (exact) mass is 280 g/mol. The molecule has 3 rings (SSSR count). The number of nitrogens with zero attached hydrogens (tertiary/aromatic N) is 2. The van der Waals surface area contributed by atoms with E-state index in [4.69, 9.17) is 0 Å². The van der Waals surface area contributed by atoms with Crippen LogP contribution in [-0.2, 0) is 18.6 Å². The second kappa shape index (κ2) is 3.49. The number of halogens is 5. The standard InChI is InChI=1S/C12H13F5N2/c1-5(2)4-19-10-8(9(18-19)12(15,16)17)6-3-7(6)11(10,13)14/h5-7H,3-4H2,1-2H3/t6-,7+/m0/s1. The van der Waals surface area contributed by atoms with Crippen molar-refractivity contribution in [3.63, 3.8) is 0 Å². The Morgan fingerprint density at radius 2 is 2.00 bits per heavy atom. The van der Waals surface area contributed by atoms with E-state index in [0.29, 0.717) is 0 Å². The van der Waals surface area contributed by atoms with Crippen LogP contribution in [0.4, 0.5) is 22.0 Å². The van der Waals surface area contributed by atoms with Crippen molar-refractivity contribution in [3.05, 3.63) is 17.0 Å². The lowest BCUT2D eigenvalue weighted by Crippen LogP contribution is -2.21. The molecule has 0 spiro atoms. The maximum atomic E-state index is 14.1. The number of fused-ring (bicyclic) bond motifs is 3. The summed E-state index contributed by atoms with van der Waals surface area (Å²) in [6.45, 7) is 3.60. The van der Waals surface area contributed by atoms with Gasteiger partial charge in [0.2, 0.25) is 0 Å². The van der Waals surface area contributed by atoms with Crippen molar-refractivity contribution in [2.45, 2.75) is 44.8 Å². The van der Waals surface area contributed by atoms with E-state index in [1.54, 1.807) is 13.8 Å². The summed E-state index contributed by atoms with van der Waals surface area (Å²) in [6, 6.07) is 0. The quantitative estimate of drug-likeness (QED) is 0.754. The highest BCUT2D eigenvalue weighted by molar-refractivity contribution is 5.46. The first-order valence-corrected chi connectivity index (χ1v) is 6.20. The van der Waals surface area contributed by atoms with E-state index < -0.39 is 35.3 Å². The molecule has 2 aliphatic rings. The van der Waals surface area contributed by atoms with Gasteiger partial charge in [-0.05, 0) is 18.3 Å². The Morgan fingerprint density at radius 3 is 2.53 bits per heavy atom. The van der Waals surface area contributed by atoms with Gasteiger partial charge < -0.3 is 0 Å². The normalized spacial score (nSPS) is 27.6. The maximum absolute atomic E-state index is 14.1. The van der Waals surface area contributed by atoms with Crippen LogP contribution < -0.4 is 0 Å². The predicted molar refractivity (Wildman–Crippen MR) is 56.8 cm³/mol. The van der Waals surface area contributed by atoms with Crippen molar-refractivity contribution < 1.29 is 22.0 Å². The van der Waals surface area contributed by atoms with Gasteiger partial charge in [0.25, 0.3) is 5.92 Å². The summed E-state index contributed by atoms with van der Waals surface area (Å²) < 4.78 is 67.7. The number of alkyl halides is 5. The van der Waals surface area contributed by atoms with Gasteiger partial charge in [-0.1, -0.05) is 13.8 Å². The molecule has 0 aliphatic heterocycles. The van der Waals surface area contributed by atoms with Crippen molar-refractivity contribution in [3.8, 4) is 0 Å². The fraction of sp³-hybridized carbons (Fsp3) is 0.750. The van der Waals surface area contributed by atoms with Gasteiger partial charge in [-0.2, -0.15) is 27.1 Å². The first-order chi connectivity index (χ1) is 8.64. The molecule has 0 bridgehead atoms. The third-order valence-corrected chi connectivity index (χ3v) is 3.74. The van der Waals surface area contributed by atoms with Gasteiger partial charge in [0, 0.05) is 18.0 Å². The molecule has 106 valence electrons. The van der Waals surface area contributed by atoms with Crippen LogP contribution in [0.25, 0.3) is 0 Å². The highest BCUT2D eigenvalue weighted by Gasteiger charge is 2.68. The third-order valence-electron chi connectivity index (χ3n) is 3.74. The van der Waals surface area contributed by atoms with Gasteiger partial charge >= 0.3 is 6.18 Å². The molecular formula is C12H13F5N2. The van der Waals surface area contributed by atoms with E-state index in [1.807, 2.05) is 0 Å². The van der Waals surface area contributed by atoms with E-state index in [1.165, 1.54) is 0 Å². The minimum atomic E-state index is -4.67. The number of rotatable bonds is 2. The summed E-state index contributed by atoms with van der Waals surface area (Å²) >= 11 is 0. The lowest BCUT2D eigenvalue weighted by Gasteiger charge is -2.16. The minimum absolute atomic E-state index is 0.0437. The summed E-state index contributed by atoms with van der Waals surface area (Å²) in [5.74, 6) is -4.84. The van der Waals surface area contributed by atoms with Gasteiger partial charge in [0.05, 0.1) is 0 Å². The Labute approximate surface area is 106 Å². The van der Waals surface area contributed by atoms with Crippen LogP contribution in [-0.4, -0.2) is 9.78 Å². The zero-order valence-corrected chi connectivity index (χ0v) is 10.4. The van der Waals surface area contributed by atoms with Gasteiger partial charge in [-0.3, -0.25) is 4.68 Å². The lowest BCUT2D eigenvalue weighted by atomic mass is 10.1. The second-order valence-corrected chi connectivity index (χ2v) is 5.76. The van der Waals surface area contributed by atoms with Crippen LogP contribution in [0.15, 0.2) is 0 Å². The molecule has 0 N–H and O–H groups in total. The Hall–Kier alpha value is -1.14. The Kier molecular flexibility index (Phi) is 2.36. The Morgan fingerprint density at radius 1 is 1.37 bits per heavy atom. The maximum Gasteiger partial charge on any atom is 0.435 e. The molecule has 0 amide bonds. The molecule has 19 heavy (non-hydrogen) atoms. The third kappa shape index (κ3) is 1.70. The Balaban J connectivity index is 2.17. The molecule has 1 saturated carbocycles. The zero-order valence-electron chi connectivity index (χ0n) is 10.4. The van der Waals surface area contributed by atoms with Crippen LogP contribution in [0, 0.1) is 11.8 Å². The summed E-state index contributed by atoms with van der Waals surface area (Å²) in [5, 5.41) is 3.43. The van der Waals surface area contributed by atoms with Gasteiger partial charge in [-0.25, -0.2) is 0 Å². The molecule has 2 atom stereocenters. The molecule has 1 aromatic rings. The highest BCUT2D eigenvalue weighted by atomic mass is 19.4. The van der Waals surface area contributed by atoms with Gasteiger partial charge in [0.1, 0.15) is 5.69 Å². The second-order valence-electron chi connectivity index (χ2n) is 5.76. The summed E-state index contributed by atoms with van der Waals surface area (Å²) in [4.78, 5) is 0. The minimum Gasteiger partial charge on any atom is -0.262 e. The number of aromatic nitrogens is 2. The lowest BCUT2D eigenvalue weighted by molar-refractivity contribution is -0.142. The van der Waals surface area contributed by atoms with Crippen molar-refractivity contribution in [1.29, 1.82) is 0 Å². The molecule has 0 saturated heterocycles. The average Bonchev–Trinajstić information content (AvgIpc) is 2.87. The molecule has 1 fully saturated rings. The van der Waals surface area contributed by atoms with Crippen LogP contribution in [0.2, 0.25) is 0 Å². The molecule has 2 nitrogen and oxygen atoms in total. The largest absolute Gasteiger partial charge is 0.435 e. The molecule has 1 aromatic heterocycles. The molecule has 2 aliphatic carbocycles. The van der Waals surface area contributed by atoms with E-state index in [9.17, 15) is 22.0 Å². The molecule has 1 heterocycles. The molecule has 7 heteroatoms. The average molecular weight is 280 g/mol. The SMILES string of the molecule is CC(C)Cn1nc(C(F)(F)F)c2c1C(F)(F)[C@@H]1C[C@H]21. The summed E-state index contributed by atoms with van der Waals surface area (Å²) in [5.41, 5.74) is -1.88. The Bertz CT molecular complexity index is 529. The van der Waals surface area contributed by atoms with Crippen molar-refractivity contribution in [2.24, 2.45) is 11.8 Å². The van der Waals surface area contributed by atoms with Crippen molar-refractivity contribution >= 4 is 0 Å². The van der Waals surface area contributed by atoms with E-state index in [2.05, 4.69) is 5.10 Å². The van der Waals surface area contributed by atoms with Crippen molar-refractivity contribution in [2.75, 3.05) is 0 Å². The molecule has 0 aromatic carbocycles. The topological polar surface area (TPSA) is 17.8 Å². The van der Waals surface area contributed by atoms with Crippen LogP contribution >= 0.6 is 0 Å². The van der Waals surface area contributed by atoms with Crippen LogP contribution in [0.1, 0.15) is 43.1 Å². The molecule has 0 radical (unpaired) electrons. The summed E-state index contributed by atoms with van der Waals surface area (Å²) in [7, 11) is 0.